The molecule has 0 amide bonds. The average molecular weight is 488 g/mol. The Morgan fingerprint density at radius 1 is 1.09 bits per heavy atom. The normalized spacial score (nSPS) is 11.2. The lowest BCUT2D eigenvalue weighted by atomic mass is 10.1. The van der Waals surface area contributed by atoms with Gasteiger partial charge in [-0.3, -0.25) is 14.2 Å². The molecule has 6 nitrogen and oxygen atoms in total. The van der Waals surface area contributed by atoms with Gasteiger partial charge in [0, 0.05) is 17.1 Å². The number of fused-ring (bicyclic) bond motifs is 3. The fraction of sp³-hybridized carbons (Fsp3) is 0.154. The molecule has 34 heavy (non-hydrogen) atoms. The van der Waals surface area contributed by atoms with Gasteiger partial charge in [0.05, 0.1) is 24.9 Å². The maximum Gasteiger partial charge on any atom is 0.272 e. The quantitative estimate of drug-likeness (QED) is 0.175. The third-order valence-corrected chi connectivity index (χ3v) is 7.59. The van der Waals surface area contributed by atoms with E-state index in [0.717, 1.165) is 21.3 Å². The van der Waals surface area contributed by atoms with Crippen LogP contribution in [0.1, 0.15) is 21.5 Å². The first-order chi connectivity index (χ1) is 16.5. The number of carbonyl (C=O) groups excluding carboxylic acids is 1. The number of aromatic nitrogens is 3. The second-order valence-electron chi connectivity index (χ2n) is 7.85. The molecular formula is C26H21N3O3S2. The molecule has 0 saturated heterocycles. The van der Waals surface area contributed by atoms with Gasteiger partial charge in [0.15, 0.2) is 10.9 Å². The predicted molar refractivity (Wildman–Crippen MR) is 138 cm³/mol. The van der Waals surface area contributed by atoms with E-state index in [-0.39, 0.29) is 17.1 Å². The van der Waals surface area contributed by atoms with Crippen molar-refractivity contribution < 1.29 is 9.53 Å². The van der Waals surface area contributed by atoms with Crippen molar-refractivity contribution in [1.82, 2.24) is 14.5 Å². The molecule has 0 aliphatic heterocycles. The Labute approximate surface area is 204 Å². The van der Waals surface area contributed by atoms with Crippen molar-refractivity contribution in [3.63, 3.8) is 0 Å². The highest BCUT2D eigenvalue weighted by atomic mass is 32.2. The summed E-state index contributed by atoms with van der Waals surface area (Å²) in [6.07, 6.45) is 1.71. The molecule has 0 saturated carbocycles. The van der Waals surface area contributed by atoms with Gasteiger partial charge >= 0.3 is 0 Å². The summed E-state index contributed by atoms with van der Waals surface area (Å²) in [5, 5.41) is 1.37. The van der Waals surface area contributed by atoms with E-state index < -0.39 is 0 Å². The number of hydrogen-bond acceptors (Lipinski definition) is 7. The minimum Gasteiger partial charge on any atom is -0.497 e. The number of ether oxygens (including phenoxy) is 1. The van der Waals surface area contributed by atoms with Crippen molar-refractivity contribution in [2.45, 2.75) is 18.6 Å². The number of pyridine rings is 1. The molecule has 0 aliphatic rings. The number of thioether (sulfide) groups is 1. The Hall–Kier alpha value is -3.49. The molecular weight excluding hydrogens is 466 g/mol. The lowest BCUT2D eigenvalue weighted by molar-refractivity contribution is 0.102. The number of methoxy groups -OCH3 is 1. The number of thiophene rings is 1. The number of ketones is 1. The highest BCUT2D eigenvalue weighted by Crippen LogP contribution is 2.31. The molecule has 170 valence electrons. The molecule has 0 unspecified atom stereocenters. The third-order valence-electron chi connectivity index (χ3n) is 5.52. The summed E-state index contributed by atoms with van der Waals surface area (Å²) in [6, 6.07) is 18.9. The highest BCUT2D eigenvalue weighted by Gasteiger charge is 2.18. The smallest absolute Gasteiger partial charge is 0.272 e. The number of nitrogens with zero attached hydrogens (tertiary/aromatic N) is 3. The van der Waals surface area contributed by atoms with Crippen LogP contribution >= 0.6 is 23.1 Å². The van der Waals surface area contributed by atoms with Crippen molar-refractivity contribution in [3.8, 4) is 5.75 Å². The second kappa shape index (κ2) is 9.40. The van der Waals surface area contributed by atoms with Crippen LogP contribution in [0.2, 0.25) is 0 Å². The van der Waals surface area contributed by atoms with E-state index >= 15 is 0 Å². The Kier molecular flexibility index (Phi) is 6.17. The standard InChI is InChI=1S/C26H21N3O3S2/c1-16-5-7-17(8-6-16)14-29-25(31)23-22(20-4-3-13-27-24(20)34-23)28-26(29)33-15-21(30)18-9-11-19(32-2)12-10-18/h3-13H,14-15H2,1-2H3. The maximum atomic E-state index is 13.6. The van der Waals surface area contributed by atoms with Crippen molar-refractivity contribution in [3.05, 3.63) is 93.9 Å². The van der Waals surface area contributed by atoms with E-state index in [4.69, 9.17) is 9.72 Å². The van der Waals surface area contributed by atoms with Crippen molar-refractivity contribution in [2.24, 2.45) is 0 Å². The fourth-order valence-electron chi connectivity index (χ4n) is 3.66. The zero-order valence-electron chi connectivity index (χ0n) is 18.6. The average Bonchev–Trinajstić information content (AvgIpc) is 3.24. The summed E-state index contributed by atoms with van der Waals surface area (Å²) in [5.74, 6) is 0.820. The number of hydrogen-bond donors (Lipinski definition) is 0. The molecule has 2 aromatic carbocycles. The molecule has 3 aromatic heterocycles. The zero-order valence-corrected chi connectivity index (χ0v) is 20.3. The maximum absolute atomic E-state index is 13.6. The summed E-state index contributed by atoms with van der Waals surface area (Å²) >= 11 is 2.63. The highest BCUT2D eigenvalue weighted by molar-refractivity contribution is 7.99. The van der Waals surface area contributed by atoms with E-state index in [9.17, 15) is 9.59 Å². The number of aryl methyl sites for hydroxylation is 1. The van der Waals surface area contributed by atoms with Crippen LogP contribution in [0.15, 0.2) is 76.8 Å². The SMILES string of the molecule is COc1ccc(C(=O)CSc2nc3c(sc4ncccc43)c(=O)n2Cc2ccc(C)cc2)cc1. The number of rotatable bonds is 7. The molecule has 5 aromatic rings. The molecule has 3 heterocycles. The van der Waals surface area contributed by atoms with Gasteiger partial charge in [0.25, 0.3) is 5.56 Å². The fourth-order valence-corrected chi connectivity index (χ4v) is 5.57. The molecule has 0 spiro atoms. The number of benzene rings is 2. The molecule has 0 bridgehead atoms. The molecule has 8 heteroatoms. The summed E-state index contributed by atoms with van der Waals surface area (Å²) in [6.45, 7) is 2.41. The molecule has 5 rings (SSSR count). The number of Topliss-reactive ketones (excluding diaryl/α,β-unsaturated/α-hetero) is 1. The Morgan fingerprint density at radius 2 is 1.85 bits per heavy atom. The van der Waals surface area contributed by atoms with Crippen LogP contribution in [-0.2, 0) is 6.54 Å². The first-order valence-corrected chi connectivity index (χ1v) is 12.5. The third kappa shape index (κ3) is 4.34. The van der Waals surface area contributed by atoms with Gasteiger partial charge in [-0.15, -0.1) is 11.3 Å². The van der Waals surface area contributed by atoms with Crippen molar-refractivity contribution in [1.29, 1.82) is 0 Å². The molecule has 0 atom stereocenters. The van der Waals surface area contributed by atoms with Gasteiger partial charge in [0.2, 0.25) is 0 Å². The van der Waals surface area contributed by atoms with Crippen LogP contribution in [0.5, 0.6) is 5.75 Å². The van der Waals surface area contributed by atoms with Crippen molar-refractivity contribution in [2.75, 3.05) is 12.9 Å². The summed E-state index contributed by atoms with van der Waals surface area (Å²) < 4.78 is 7.41. The van der Waals surface area contributed by atoms with Crippen LogP contribution < -0.4 is 10.3 Å². The second-order valence-corrected chi connectivity index (χ2v) is 9.79. The van der Waals surface area contributed by atoms with E-state index in [1.165, 1.54) is 23.1 Å². The van der Waals surface area contributed by atoms with Gasteiger partial charge in [-0.2, -0.15) is 0 Å². The summed E-state index contributed by atoms with van der Waals surface area (Å²) in [5.41, 5.74) is 3.26. The van der Waals surface area contributed by atoms with Crippen LogP contribution in [-0.4, -0.2) is 33.2 Å². The van der Waals surface area contributed by atoms with Crippen LogP contribution in [0, 0.1) is 6.92 Å². The monoisotopic (exact) mass is 487 g/mol. The summed E-state index contributed by atoms with van der Waals surface area (Å²) in [4.78, 5) is 36.5. The molecule has 0 fully saturated rings. The van der Waals surface area contributed by atoms with E-state index in [1.807, 2.05) is 43.3 Å². The van der Waals surface area contributed by atoms with Gasteiger partial charge in [-0.25, -0.2) is 9.97 Å². The van der Waals surface area contributed by atoms with Crippen LogP contribution in [0.4, 0.5) is 0 Å². The van der Waals surface area contributed by atoms with Crippen LogP contribution in [0.3, 0.4) is 0 Å². The predicted octanol–water partition coefficient (Wildman–Crippen LogP) is 5.35. The molecule has 0 aliphatic carbocycles. The minimum absolute atomic E-state index is 0.0410. The first kappa shape index (κ1) is 22.3. The van der Waals surface area contributed by atoms with Crippen molar-refractivity contribution >= 4 is 49.3 Å². The molecule has 0 N–H and O–H groups in total. The van der Waals surface area contributed by atoms with Gasteiger partial charge in [0.1, 0.15) is 15.3 Å². The van der Waals surface area contributed by atoms with Gasteiger partial charge in [-0.1, -0.05) is 41.6 Å². The van der Waals surface area contributed by atoms with E-state index in [2.05, 4.69) is 4.98 Å². The lowest BCUT2D eigenvalue weighted by Crippen LogP contribution is -2.23. The largest absolute Gasteiger partial charge is 0.497 e. The lowest BCUT2D eigenvalue weighted by Gasteiger charge is -2.12. The van der Waals surface area contributed by atoms with Crippen LogP contribution in [0.25, 0.3) is 20.4 Å². The Balaban J connectivity index is 1.54. The minimum atomic E-state index is -0.118. The zero-order chi connectivity index (χ0) is 23.7. The van der Waals surface area contributed by atoms with E-state index in [0.29, 0.717) is 33.2 Å². The Bertz CT molecular complexity index is 1560. The van der Waals surface area contributed by atoms with Gasteiger partial charge < -0.3 is 4.74 Å². The van der Waals surface area contributed by atoms with E-state index in [1.54, 1.807) is 42.1 Å². The number of carbonyl (C=O) groups is 1. The molecule has 0 radical (unpaired) electrons. The topological polar surface area (TPSA) is 74.1 Å². The van der Waals surface area contributed by atoms with Gasteiger partial charge in [-0.05, 0) is 48.9 Å². The summed E-state index contributed by atoms with van der Waals surface area (Å²) in [7, 11) is 1.59. The first-order valence-electron chi connectivity index (χ1n) is 10.7. The Morgan fingerprint density at radius 3 is 2.59 bits per heavy atom.